The number of nitrogens with one attached hydrogen (secondary N) is 1. The summed E-state index contributed by atoms with van der Waals surface area (Å²) in [7, 11) is 0. The van der Waals surface area contributed by atoms with Gasteiger partial charge in [-0.15, -0.1) is 0 Å². The highest BCUT2D eigenvalue weighted by molar-refractivity contribution is 5.90. The average Bonchev–Trinajstić information content (AvgIpc) is 3.29. The fourth-order valence-electron chi connectivity index (χ4n) is 3.54. The third-order valence-corrected chi connectivity index (χ3v) is 5.17. The van der Waals surface area contributed by atoms with Crippen LogP contribution in [0.5, 0.6) is 0 Å². The molecule has 1 aliphatic carbocycles. The lowest BCUT2D eigenvalue weighted by Gasteiger charge is -2.16. The fraction of sp³-hybridized carbons (Fsp3) is 0.409. The number of benzene rings is 1. The maximum atomic E-state index is 13.2. The first-order valence-electron chi connectivity index (χ1n) is 9.86. The summed E-state index contributed by atoms with van der Waals surface area (Å²) < 4.78 is 20.1. The Balaban J connectivity index is 1.63. The van der Waals surface area contributed by atoms with E-state index in [9.17, 15) is 14.0 Å². The number of hydrogen-bond acceptors (Lipinski definition) is 4. The molecule has 1 fully saturated rings. The summed E-state index contributed by atoms with van der Waals surface area (Å²) in [5.74, 6) is -1.17. The van der Waals surface area contributed by atoms with Crippen LogP contribution in [0, 0.1) is 19.7 Å². The molecule has 1 heterocycles. The van der Waals surface area contributed by atoms with E-state index in [-0.39, 0.29) is 17.8 Å². The molecule has 1 saturated carbocycles. The van der Waals surface area contributed by atoms with E-state index >= 15 is 0 Å². The molecule has 3 rings (SSSR count). The van der Waals surface area contributed by atoms with Crippen molar-refractivity contribution in [2.24, 2.45) is 0 Å². The van der Waals surface area contributed by atoms with Gasteiger partial charge in [-0.1, -0.05) is 12.8 Å². The first-order chi connectivity index (χ1) is 13.8. The second kappa shape index (κ2) is 9.03. The summed E-state index contributed by atoms with van der Waals surface area (Å²) in [5, 5.41) is 7.38. The van der Waals surface area contributed by atoms with E-state index < -0.39 is 12.1 Å². The van der Waals surface area contributed by atoms with E-state index in [0.717, 1.165) is 48.3 Å². The zero-order valence-electron chi connectivity index (χ0n) is 16.9. The molecule has 6 nitrogen and oxygen atoms in total. The number of aromatic nitrogens is 2. The number of carbonyl (C=O) groups excluding carboxylic acids is 2. The van der Waals surface area contributed by atoms with Crippen molar-refractivity contribution in [3.63, 3.8) is 0 Å². The van der Waals surface area contributed by atoms with Gasteiger partial charge in [-0.05, 0) is 64.0 Å². The van der Waals surface area contributed by atoms with Gasteiger partial charge in [0.2, 0.25) is 0 Å². The number of carbonyl (C=O) groups is 2. The molecular formula is C22H26FN3O3. The SMILES string of the molecule is Cc1nn(-c2ccc(F)cc2)c(C)c1/C=C/C(=O)OC(C)C(=O)NC1CCCC1. The Morgan fingerprint density at radius 1 is 1.24 bits per heavy atom. The molecule has 0 spiro atoms. The largest absolute Gasteiger partial charge is 0.449 e. The van der Waals surface area contributed by atoms with Crippen LogP contribution < -0.4 is 5.32 Å². The topological polar surface area (TPSA) is 73.2 Å². The van der Waals surface area contributed by atoms with Gasteiger partial charge in [0, 0.05) is 23.4 Å². The Hall–Kier alpha value is -2.96. The van der Waals surface area contributed by atoms with E-state index in [1.54, 1.807) is 29.8 Å². The lowest BCUT2D eigenvalue weighted by atomic mass is 10.2. The summed E-state index contributed by atoms with van der Waals surface area (Å²) in [4.78, 5) is 24.3. The summed E-state index contributed by atoms with van der Waals surface area (Å²) >= 11 is 0. The molecule has 0 radical (unpaired) electrons. The Morgan fingerprint density at radius 2 is 1.90 bits per heavy atom. The Bertz CT molecular complexity index is 912. The van der Waals surface area contributed by atoms with Gasteiger partial charge in [0.05, 0.1) is 11.4 Å². The highest BCUT2D eigenvalue weighted by Gasteiger charge is 2.22. The number of rotatable bonds is 6. The summed E-state index contributed by atoms with van der Waals surface area (Å²) in [6, 6.07) is 6.21. The van der Waals surface area contributed by atoms with Gasteiger partial charge in [-0.2, -0.15) is 5.10 Å². The van der Waals surface area contributed by atoms with E-state index in [1.807, 2.05) is 13.8 Å². The van der Waals surface area contributed by atoms with Crippen LogP contribution in [0.25, 0.3) is 11.8 Å². The number of hydrogen-bond donors (Lipinski definition) is 1. The number of aryl methyl sites for hydroxylation is 1. The molecule has 1 atom stereocenters. The molecule has 1 amide bonds. The van der Waals surface area contributed by atoms with Gasteiger partial charge in [0.25, 0.3) is 5.91 Å². The maximum absolute atomic E-state index is 13.2. The minimum absolute atomic E-state index is 0.182. The zero-order valence-corrected chi connectivity index (χ0v) is 16.9. The minimum Gasteiger partial charge on any atom is -0.449 e. The van der Waals surface area contributed by atoms with Crippen molar-refractivity contribution in [2.75, 3.05) is 0 Å². The van der Waals surface area contributed by atoms with Crippen molar-refractivity contribution < 1.29 is 18.7 Å². The first-order valence-corrected chi connectivity index (χ1v) is 9.86. The molecule has 1 aromatic heterocycles. The molecule has 154 valence electrons. The zero-order chi connectivity index (χ0) is 21.0. The van der Waals surface area contributed by atoms with Crippen molar-refractivity contribution in [3.8, 4) is 5.69 Å². The monoisotopic (exact) mass is 399 g/mol. The number of ether oxygens (including phenoxy) is 1. The van der Waals surface area contributed by atoms with E-state index in [0.29, 0.717) is 0 Å². The van der Waals surface area contributed by atoms with Crippen molar-refractivity contribution >= 4 is 18.0 Å². The van der Waals surface area contributed by atoms with Crippen LogP contribution in [0.15, 0.2) is 30.3 Å². The van der Waals surface area contributed by atoms with E-state index in [1.165, 1.54) is 18.2 Å². The average molecular weight is 399 g/mol. The molecule has 1 aromatic carbocycles. The number of nitrogens with zero attached hydrogens (tertiary/aromatic N) is 2. The smallest absolute Gasteiger partial charge is 0.331 e. The quantitative estimate of drug-likeness (QED) is 0.595. The second-order valence-electron chi connectivity index (χ2n) is 7.38. The molecular weight excluding hydrogens is 373 g/mol. The molecule has 0 bridgehead atoms. The van der Waals surface area contributed by atoms with E-state index in [2.05, 4.69) is 10.4 Å². The molecule has 1 N–H and O–H groups in total. The number of halogens is 1. The molecule has 0 aliphatic heterocycles. The van der Waals surface area contributed by atoms with Crippen LogP contribution in [-0.4, -0.2) is 33.8 Å². The lowest BCUT2D eigenvalue weighted by Crippen LogP contribution is -2.40. The Labute approximate surface area is 169 Å². The van der Waals surface area contributed by atoms with Gasteiger partial charge in [-0.25, -0.2) is 13.9 Å². The summed E-state index contributed by atoms with van der Waals surface area (Å²) in [5.41, 5.74) is 3.04. The van der Waals surface area contributed by atoms with Gasteiger partial charge in [0.15, 0.2) is 6.10 Å². The molecule has 29 heavy (non-hydrogen) atoms. The van der Waals surface area contributed by atoms with Crippen LogP contribution in [0.4, 0.5) is 4.39 Å². The van der Waals surface area contributed by atoms with Crippen LogP contribution in [-0.2, 0) is 14.3 Å². The van der Waals surface area contributed by atoms with Crippen molar-refractivity contribution in [1.82, 2.24) is 15.1 Å². The number of esters is 1. The van der Waals surface area contributed by atoms with Crippen molar-refractivity contribution in [1.29, 1.82) is 0 Å². The molecule has 1 aliphatic rings. The molecule has 1 unspecified atom stereocenters. The van der Waals surface area contributed by atoms with Crippen LogP contribution in [0.2, 0.25) is 0 Å². The maximum Gasteiger partial charge on any atom is 0.331 e. The van der Waals surface area contributed by atoms with E-state index in [4.69, 9.17) is 4.74 Å². The third-order valence-electron chi connectivity index (χ3n) is 5.17. The van der Waals surface area contributed by atoms with Gasteiger partial charge < -0.3 is 10.1 Å². The Morgan fingerprint density at radius 3 is 2.55 bits per heavy atom. The summed E-state index contributed by atoms with van der Waals surface area (Å²) in [6.07, 6.45) is 6.26. The predicted octanol–water partition coefficient (Wildman–Crippen LogP) is 3.63. The standard InChI is InChI=1S/C22H26FN3O3/c1-14-20(15(2)26(25-14)19-10-8-17(23)9-11-19)12-13-21(27)29-16(3)22(28)24-18-6-4-5-7-18/h8-13,16,18H,4-7H2,1-3H3,(H,24,28)/b13-12+. The first kappa shape index (κ1) is 20.8. The highest BCUT2D eigenvalue weighted by atomic mass is 19.1. The predicted molar refractivity (Wildman–Crippen MR) is 108 cm³/mol. The van der Waals surface area contributed by atoms with Gasteiger partial charge >= 0.3 is 5.97 Å². The highest BCUT2D eigenvalue weighted by Crippen LogP contribution is 2.20. The molecule has 7 heteroatoms. The molecule has 2 aromatic rings. The normalized spacial score (nSPS) is 15.6. The lowest BCUT2D eigenvalue weighted by molar-refractivity contribution is -0.150. The third kappa shape index (κ3) is 5.10. The second-order valence-corrected chi connectivity index (χ2v) is 7.38. The molecule has 0 saturated heterocycles. The van der Waals surface area contributed by atoms with Crippen LogP contribution in [0.3, 0.4) is 0 Å². The van der Waals surface area contributed by atoms with Crippen LogP contribution in [0.1, 0.15) is 49.6 Å². The van der Waals surface area contributed by atoms with Gasteiger partial charge in [-0.3, -0.25) is 4.79 Å². The van der Waals surface area contributed by atoms with Crippen molar-refractivity contribution in [2.45, 2.75) is 58.6 Å². The fourth-order valence-corrected chi connectivity index (χ4v) is 3.54. The number of amides is 1. The van der Waals surface area contributed by atoms with Crippen molar-refractivity contribution in [3.05, 3.63) is 53.1 Å². The van der Waals surface area contributed by atoms with Crippen LogP contribution >= 0.6 is 0 Å². The van der Waals surface area contributed by atoms with Gasteiger partial charge in [0.1, 0.15) is 5.82 Å². The summed E-state index contributed by atoms with van der Waals surface area (Å²) in [6.45, 7) is 5.26. The Kier molecular flexibility index (Phi) is 6.46. The minimum atomic E-state index is -0.850.